The molecule has 0 aromatic carbocycles. The molecule has 1 unspecified atom stereocenters. The molecule has 122 valence electrons. The molecule has 0 aromatic heterocycles. The van der Waals surface area contributed by atoms with Gasteiger partial charge in [-0.05, 0) is 12.8 Å². The molecule has 0 spiro atoms. The minimum absolute atomic E-state index is 0.0163. The van der Waals surface area contributed by atoms with E-state index in [4.69, 9.17) is 4.74 Å². The Morgan fingerprint density at radius 3 is 2.71 bits per heavy atom. The van der Waals surface area contributed by atoms with Gasteiger partial charge in [0.1, 0.15) is 0 Å². The molecule has 0 aromatic rings. The third-order valence-electron chi connectivity index (χ3n) is 4.22. The number of aliphatic imine (C=N–C) groups is 1. The van der Waals surface area contributed by atoms with Gasteiger partial charge in [-0.15, -0.1) is 0 Å². The van der Waals surface area contributed by atoms with Crippen LogP contribution in [0.1, 0.15) is 19.3 Å². The topological polar surface area (TPSA) is 48.9 Å². The van der Waals surface area contributed by atoms with Crippen molar-refractivity contribution in [2.45, 2.75) is 25.2 Å². The average molecular weight is 304 g/mol. The van der Waals surface area contributed by atoms with Crippen molar-refractivity contribution in [1.82, 2.24) is 15.5 Å². The molecule has 0 radical (unpaired) electrons. The van der Waals surface area contributed by atoms with Crippen molar-refractivity contribution in [3.63, 3.8) is 0 Å². The highest BCUT2D eigenvalue weighted by atomic mass is 19.3. The predicted octanol–water partition coefficient (Wildman–Crippen LogP) is 0.919. The molecule has 0 amide bonds. The Morgan fingerprint density at radius 2 is 2.10 bits per heavy atom. The molecule has 2 aliphatic rings. The number of ether oxygens (including phenoxy) is 1. The molecule has 21 heavy (non-hydrogen) atoms. The molecule has 2 N–H and O–H groups in total. The van der Waals surface area contributed by atoms with Crippen LogP contribution in [0.25, 0.3) is 0 Å². The number of nitrogens with one attached hydrogen (secondary N) is 2. The van der Waals surface area contributed by atoms with Crippen LogP contribution in [0.15, 0.2) is 4.99 Å². The lowest BCUT2D eigenvalue weighted by atomic mass is 10.1. The van der Waals surface area contributed by atoms with E-state index >= 15 is 0 Å². The predicted molar refractivity (Wildman–Crippen MR) is 78.9 cm³/mol. The fourth-order valence-corrected chi connectivity index (χ4v) is 2.85. The summed E-state index contributed by atoms with van der Waals surface area (Å²) in [7, 11) is 1.66. The normalized spacial score (nSPS) is 26.8. The number of hydrogen-bond donors (Lipinski definition) is 2. The lowest BCUT2D eigenvalue weighted by Gasteiger charge is -2.27. The lowest BCUT2D eigenvalue weighted by molar-refractivity contribution is -0.0346. The van der Waals surface area contributed by atoms with Crippen LogP contribution >= 0.6 is 0 Å². The zero-order chi connectivity index (χ0) is 15.1. The number of morpholine rings is 1. The second-order valence-corrected chi connectivity index (χ2v) is 5.68. The van der Waals surface area contributed by atoms with Gasteiger partial charge in [0, 0.05) is 52.1 Å². The highest BCUT2D eigenvalue weighted by molar-refractivity contribution is 5.79. The van der Waals surface area contributed by atoms with Crippen LogP contribution in [-0.2, 0) is 4.74 Å². The van der Waals surface area contributed by atoms with E-state index in [-0.39, 0.29) is 13.0 Å². The number of halogens is 2. The zero-order valence-electron chi connectivity index (χ0n) is 12.7. The first kappa shape index (κ1) is 16.4. The van der Waals surface area contributed by atoms with Crippen molar-refractivity contribution in [3.05, 3.63) is 0 Å². The number of rotatable bonds is 5. The molecule has 1 heterocycles. The number of alkyl halides is 2. The van der Waals surface area contributed by atoms with E-state index in [0.717, 1.165) is 39.4 Å². The van der Waals surface area contributed by atoms with Gasteiger partial charge in [-0.25, -0.2) is 8.78 Å². The molecule has 1 aliphatic heterocycles. The molecule has 1 aliphatic carbocycles. The summed E-state index contributed by atoms with van der Waals surface area (Å²) in [6.07, 6.45) is 1.22. The molecule has 5 nitrogen and oxygen atoms in total. The summed E-state index contributed by atoms with van der Waals surface area (Å²) in [5, 5.41) is 6.20. The van der Waals surface area contributed by atoms with E-state index in [0.29, 0.717) is 18.8 Å². The Bertz CT molecular complexity index is 346. The van der Waals surface area contributed by atoms with Gasteiger partial charge in [0.2, 0.25) is 0 Å². The maximum absolute atomic E-state index is 13.5. The summed E-state index contributed by atoms with van der Waals surface area (Å²) in [6, 6.07) is 0. The number of hydrogen-bond acceptors (Lipinski definition) is 3. The molecule has 2 fully saturated rings. The van der Waals surface area contributed by atoms with Crippen molar-refractivity contribution in [2.75, 3.05) is 53.0 Å². The van der Waals surface area contributed by atoms with Crippen molar-refractivity contribution >= 4 is 5.96 Å². The lowest BCUT2D eigenvalue weighted by Crippen LogP contribution is -2.46. The van der Waals surface area contributed by atoms with Crippen LogP contribution in [0.3, 0.4) is 0 Å². The second kappa shape index (κ2) is 7.89. The second-order valence-electron chi connectivity index (χ2n) is 5.68. The quantitative estimate of drug-likeness (QED) is 0.586. The van der Waals surface area contributed by atoms with Gasteiger partial charge in [0.15, 0.2) is 5.96 Å². The standard InChI is InChI=1S/C14H26F2N4O/c1-17-13(18-5-6-20-7-9-21-10-8-20)19-11-12-3-2-4-14(12,15)16/h12H,2-11H2,1H3,(H2,17,18,19). The summed E-state index contributed by atoms with van der Waals surface area (Å²) in [5.41, 5.74) is 0. The van der Waals surface area contributed by atoms with Gasteiger partial charge in [0.25, 0.3) is 5.92 Å². The summed E-state index contributed by atoms with van der Waals surface area (Å²) >= 11 is 0. The third kappa shape index (κ3) is 5.07. The SMILES string of the molecule is CN=C(NCCN1CCOCC1)NCC1CCCC1(F)F. The van der Waals surface area contributed by atoms with Crippen LogP contribution in [0.2, 0.25) is 0 Å². The first-order valence-corrected chi connectivity index (χ1v) is 7.74. The minimum Gasteiger partial charge on any atom is -0.379 e. The van der Waals surface area contributed by atoms with Crippen molar-refractivity contribution in [1.29, 1.82) is 0 Å². The summed E-state index contributed by atoms with van der Waals surface area (Å²) in [6.45, 7) is 5.39. The minimum atomic E-state index is -2.53. The third-order valence-corrected chi connectivity index (χ3v) is 4.22. The van der Waals surface area contributed by atoms with Gasteiger partial charge >= 0.3 is 0 Å². The summed E-state index contributed by atoms with van der Waals surface area (Å²) < 4.78 is 32.4. The van der Waals surface area contributed by atoms with E-state index in [1.165, 1.54) is 0 Å². The van der Waals surface area contributed by atoms with E-state index < -0.39 is 11.8 Å². The fourth-order valence-electron chi connectivity index (χ4n) is 2.85. The van der Waals surface area contributed by atoms with Crippen LogP contribution in [0.5, 0.6) is 0 Å². The number of nitrogens with zero attached hydrogens (tertiary/aromatic N) is 2. The maximum atomic E-state index is 13.5. The molecule has 1 atom stereocenters. The van der Waals surface area contributed by atoms with Crippen LogP contribution < -0.4 is 10.6 Å². The van der Waals surface area contributed by atoms with Crippen molar-refractivity contribution in [2.24, 2.45) is 10.9 Å². The molecule has 0 bridgehead atoms. The Balaban J connectivity index is 1.64. The van der Waals surface area contributed by atoms with Gasteiger partial charge in [-0.3, -0.25) is 9.89 Å². The first-order valence-electron chi connectivity index (χ1n) is 7.74. The largest absolute Gasteiger partial charge is 0.379 e. The van der Waals surface area contributed by atoms with Crippen molar-refractivity contribution in [3.8, 4) is 0 Å². The molecule has 7 heteroatoms. The Kier molecular flexibility index (Phi) is 6.17. The molecular formula is C14H26F2N4O. The molecule has 1 saturated carbocycles. The highest BCUT2D eigenvalue weighted by Crippen LogP contribution is 2.39. The van der Waals surface area contributed by atoms with Gasteiger partial charge in [-0.2, -0.15) is 0 Å². The van der Waals surface area contributed by atoms with Crippen LogP contribution in [0.4, 0.5) is 8.78 Å². The average Bonchev–Trinajstić information content (AvgIpc) is 2.82. The molecular weight excluding hydrogens is 278 g/mol. The first-order chi connectivity index (χ1) is 10.1. The highest BCUT2D eigenvalue weighted by Gasteiger charge is 2.43. The molecule has 2 rings (SSSR count). The van der Waals surface area contributed by atoms with E-state index in [1.807, 2.05) is 0 Å². The fraction of sp³-hybridized carbons (Fsp3) is 0.929. The molecule has 1 saturated heterocycles. The van der Waals surface area contributed by atoms with Gasteiger partial charge in [-0.1, -0.05) is 0 Å². The maximum Gasteiger partial charge on any atom is 0.252 e. The van der Waals surface area contributed by atoms with Crippen LogP contribution in [0, 0.1) is 5.92 Å². The Hall–Kier alpha value is -0.950. The van der Waals surface area contributed by atoms with E-state index in [9.17, 15) is 8.78 Å². The van der Waals surface area contributed by atoms with E-state index in [1.54, 1.807) is 7.05 Å². The van der Waals surface area contributed by atoms with E-state index in [2.05, 4.69) is 20.5 Å². The Morgan fingerprint density at radius 1 is 1.33 bits per heavy atom. The van der Waals surface area contributed by atoms with Gasteiger partial charge < -0.3 is 15.4 Å². The number of guanidine groups is 1. The van der Waals surface area contributed by atoms with Gasteiger partial charge in [0.05, 0.1) is 13.2 Å². The smallest absolute Gasteiger partial charge is 0.252 e. The monoisotopic (exact) mass is 304 g/mol. The van der Waals surface area contributed by atoms with Crippen LogP contribution in [-0.4, -0.2) is 69.8 Å². The summed E-state index contributed by atoms with van der Waals surface area (Å²) in [5.74, 6) is -2.50. The zero-order valence-corrected chi connectivity index (χ0v) is 12.7. The van der Waals surface area contributed by atoms with Crippen molar-refractivity contribution < 1.29 is 13.5 Å². The Labute approximate surface area is 125 Å². The summed E-state index contributed by atoms with van der Waals surface area (Å²) in [4.78, 5) is 6.40.